The molecular weight excluding hydrogens is 525 g/mol. The number of carbonyl (C=O) groups is 2. The first-order valence-corrected chi connectivity index (χ1v) is 14.3. The van der Waals surface area contributed by atoms with Gasteiger partial charge in [-0.25, -0.2) is 8.42 Å². The first-order valence-electron chi connectivity index (χ1n) is 11.7. The molecule has 0 saturated heterocycles. The monoisotopic (exact) mass is 557 g/mol. The predicted molar refractivity (Wildman–Crippen MR) is 144 cm³/mol. The summed E-state index contributed by atoms with van der Waals surface area (Å²) in [6.45, 7) is 3.65. The molecular formula is C25H33Cl2N3O5S. The second kappa shape index (κ2) is 13.7. The number of ether oxygens (including phenoxy) is 1. The number of amides is 2. The van der Waals surface area contributed by atoms with Crippen LogP contribution in [0, 0.1) is 0 Å². The molecule has 0 aromatic heterocycles. The number of halogens is 2. The molecule has 11 heteroatoms. The van der Waals surface area contributed by atoms with Gasteiger partial charge in [0.1, 0.15) is 18.3 Å². The van der Waals surface area contributed by atoms with Crippen molar-refractivity contribution >= 4 is 50.7 Å². The summed E-state index contributed by atoms with van der Waals surface area (Å²) in [4.78, 5) is 28.2. The molecule has 1 atom stereocenters. The largest absolute Gasteiger partial charge is 0.495 e. The Morgan fingerprint density at radius 1 is 1.06 bits per heavy atom. The lowest BCUT2D eigenvalue weighted by Crippen LogP contribution is -2.52. The molecule has 0 saturated carbocycles. The number of hydrogen-bond donors (Lipinski definition) is 1. The predicted octanol–water partition coefficient (Wildman–Crippen LogP) is 4.49. The second-order valence-electron chi connectivity index (χ2n) is 8.23. The molecule has 0 aliphatic rings. The van der Waals surface area contributed by atoms with E-state index in [0.29, 0.717) is 34.3 Å². The zero-order valence-electron chi connectivity index (χ0n) is 21.0. The number of sulfonamides is 1. The lowest BCUT2D eigenvalue weighted by molar-refractivity contribution is -0.140. The highest BCUT2D eigenvalue weighted by Gasteiger charge is 2.33. The lowest BCUT2D eigenvalue weighted by Gasteiger charge is -2.33. The summed E-state index contributed by atoms with van der Waals surface area (Å²) in [6.07, 6.45) is 3.01. The first kappa shape index (κ1) is 29.7. The smallest absolute Gasteiger partial charge is 0.244 e. The van der Waals surface area contributed by atoms with Gasteiger partial charge >= 0.3 is 0 Å². The molecule has 0 aliphatic heterocycles. The van der Waals surface area contributed by atoms with Crippen LogP contribution in [-0.4, -0.2) is 57.6 Å². The molecule has 0 bridgehead atoms. The molecule has 0 radical (unpaired) electrons. The molecule has 2 aromatic rings. The number of rotatable bonds is 13. The maximum absolute atomic E-state index is 13.7. The Morgan fingerprint density at radius 2 is 1.69 bits per heavy atom. The van der Waals surface area contributed by atoms with Crippen LogP contribution >= 0.6 is 23.2 Å². The Bertz CT molecular complexity index is 1140. The fourth-order valence-electron chi connectivity index (χ4n) is 3.71. The van der Waals surface area contributed by atoms with Crippen molar-refractivity contribution in [2.24, 2.45) is 0 Å². The van der Waals surface area contributed by atoms with Crippen molar-refractivity contribution in [2.75, 3.05) is 30.8 Å². The topological polar surface area (TPSA) is 96.0 Å². The van der Waals surface area contributed by atoms with E-state index in [2.05, 4.69) is 5.32 Å². The molecule has 0 unspecified atom stereocenters. The normalized spacial score (nSPS) is 12.1. The summed E-state index contributed by atoms with van der Waals surface area (Å²) in [5, 5.41) is 3.55. The fourth-order valence-corrected chi connectivity index (χ4v) is 5.08. The van der Waals surface area contributed by atoms with Crippen LogP contribution in [0.1, 0.15) is 38.7 Å². The van der Waals surface area contributed by atoms with E-state index in [0.717, 1.165) is 23.4 Å². The summed E-state index contributed by atoms with van der Waals surface area (Å²) < 4.78 is 31.8. The molecule has 0 fully saturated rings. The third-order valence-electron chi connectivity index (χ3n) is 5.64. The molecule has 8 nitrogen and oxygen atoms in total. The summed E-state index contributed by atoms with van der Waals surface area (Å²) in [7, 11) is -2.47. The first-order chi connectivity index (χ1) is 17.0. The van der Waals surface area contributed by atoms with Crippen LogP contribution < -0.4 is 14.4 Å². The third kappa shape index (κ3) is 7.75. The van der Waals surface area contributed by atoms with Gasteiger partial charge in [0.2, 0.25) is 21.8 Å². The number of methoxy groups -OCH3 is 1. The van der Waals surface area contributed by atoms with E-state index in [1.54, 1.807) is 49.4 Å². The van der Waals surface area contributed by atoms with Crippen LogP contribution in [0.15, 0.2) is 42.5 Å². The maximum Gasteiger partial charge on any atom is 0.244 e. The van der Waals surface area contributed by atoms with Crippen molar-refractivity contribution in [1.82, 2.24) is 10.2 Å². The van der Waals surface area contributed by atoms with E-state index in [4.69, 9.17) is 27.9 Å². The molecule has 198 valence electrons. The molecule has 0 heterocycles. The number of carbonyl (C=O) groups excluding carboxylic acids is 2. The van der Waals surface area contributed by atoms with E-state index >= 15 is 0 Å². The van der Waals surface area contributed by atoms with Crippen LogP contribution in [0.2, 0.25) is 10.0 Å². The van der Waals surface area contributed by atoms with Gasteiger partial charge in [-0.15, -0.1) is 0 Å². The summed E-state index contributed by atoms with van der Waals surface area (Å²) in [5.74, 6) is -0.619. The number of hydrogen-bond acceptors (Lipinski definition) is 5. The van der Waals surface area contributed by atoms with Crippen molar-refractivity contribution in [3.8, 4) is 5.75 Å². The highest BCUT2D eigenvalue weighted by atomic mass is 35.5. The molecule has 2 amide bonds. The fraction of sp³-hybridized carbons (Fsp3) is 0.440. The molecule has 0 spiro atoms. The van der Waals surface area contributed by atoms with Gasteiger partial charge in [-0.05, 0) is 37.1 Å². The Labute approximate surface area is 223 Å². The van der Waals surface area contributed by atoms with Crippen molar-refractivity contribution < 1.29 is 22.7 Å². The lowest BCUT2D eigenvalue weighted by atomic mass is 10.1. The van der Waals surface area contributed by atoms with Gasteiger partial charge in [-0.3, -0.25) is 13.9 Å². The minimum absolute atomic E-state index is 0.0689. The Kier molecular flexibility index (Phi) is 11.3. The quantitative estimate of drug-likeness (QED) is 0.366. The maximum atomic E-state index is 13.7. The van der Waals surface area contributed by atoms with Crippen molar-refractivity contribution in [1.29, 1.82) is 0 Å². The van der Waals surface area contributed by atoms with Gasteiger partial charge in [0, 0.05) is 28.7 Å². The van der Waals surface area contributed by atoms with E-state index in [1.165, 1.54) is 12.0 Å². The molecule has 36 heavy (non-hydrogen) atoms. The van der Waals surface area contributed by atoms with Crippen LogP contribution in [0.4, 0.5) is 5.69 Å². The molecule has 0 aliphatic carbocycles. The van der Waals surface area contributed by atoms with Crippen LogP contribution in [0.25, 0.3) is 0 Å². The van der Waals surface area contributed by atoms with Crippen molar-refractivity contribution in [2.45, 2.75) is 45.7 Å². The van der Waals surface area contributed by atoms with E-state index in [-0.39, 0.29) is 18.1 Å². The molecule has 2 rings (SSSR count). The minimum atomic E-state index is -3.89. The zero-order valence-corrected chi connectivity index (χ0v) is 23.3. The third-order valence-corrected chi connectivity index (χ3v) is 7.47. The number of nitrogens with one attached hydrogen (secondary N) is 1. The van der Waals surface area contributed by atoms with Gasteiger partial charge in [0.05, 0.1) is 19.1 Å². The number of nitrogens with zero attached hydrogens (tertiary/aromatic N) is 2. The second-order valence-corrected chi connectivity index (χ2v) is 11.0. The Hall–Kier alpha value is -2.49. The van der Waals surface area contributed by atoms with E-state index in [9.17, 15) is 18.0 Å². The van der Waals surface area contributed by atoms with Gasteiger partial charge in [-0.2, -0.15) is 0 Å². The number of para-hydroxylation sites is 2. The van der Waals surface area contributed by atoms with Gasteiger partial charge in [0.15, 0.2) is 0 Å². The molecule has 2 aromatic carbocycles. The van der Waals surface area contributed by atoms with Crippen LogP contribution in [0.3, 0.4) is 0 Å². The Morgan fingerprint density at radius 3 is 2.25 bits per heavy atom. The SMILES string of the molecule is CCCCNC(=O)[C@H](CC)N(Cc1c(Cl)cccc1Cl)C(=O)CN(c1ccccc1OC)S(C)(=O)=O. The van der Waals surface area contributed by atoms with E-state index in [1.807, 2.05) is 6.92 Å². The summed E-state index contributed by atoms with van der Waals surface area (Å²) in [6, 6.07) is 10.6. The average Bonchev–Trinajstić information content (AvgIpc) is 2.83. The number of anilines is 1. The number of benzene rings is 2. The number of unbranched alkanes of at least 4 members (excludes halogenated alkanes) is 1. The van der Waals surface area contributed by atoms with Gasteiger partial charge in [-0.1, -0.05) is 61.7 Å². The van der Waals surface area contributed by atoms with Gasteiger partial charge in [0.25, 0.3) is 0 Å². The van der Waals surface area contributed by atoms with Crippen molar-refractivity contribution in [3.05, 3.63) is 58.1 Å². The minimum Gasteiger partial charge on any atom is -0.495 e. The summed E-state index contributed by atoms with van der Waals surface area (Å²) in [5.41, 5.74) is 0.684. The van der Waals surface area contributed by atoms with Crippen LogP contribution in [0.5, 0.6) is 5.75 Å². The average molecular weight is 559 g/mol. The highest BCUT2D eigenvalue weighted by Crippen LogP contribution is 2.31. The molecule has 1 N–H and O–H groups in total. The summed E-state index contributed by atoms with van der Waals surface area (Å²) >= 11 is 12.8. The van der Waals surface area contributed by atoms with Crippen LogP contribution in [-0.2, 0) is 26.2 Å². The Balaban J connectivity index is 2.50. The highest BCUT2D eigenvalue weighted by molar-refractivity contribution is 7.92. The van der Waals surface area contributed by atoms with Gasteiger partial charge < -0.3 is 15.0 Å². The standard InChI is InChI=1S/C25H33Cl2N3O5S/c1-5-7-15-28-25(32)21(6-2)29(16-18-19(26)11-10-12-20(18)27)24(31)17-30(36(4,33)34)22-13-8-9-14-23(22)35-3/h8-14,21H,5-7,15-17H2,1-4H3,(H,28,32)/t21-/m0/s1. The van der Waals surface area contributed by atoms with E-state index < -0.39 is 28.5 Å². The van der Waals surface area contributed by atoms with Crippen molar-refractivity contribution in [3.63, 3.8) is 0 Å². The zero-order chi connectivity index (χ0) is 26.9.